The molecule has 1 spiro atoms. The number of rotatable bonds is 5. The molecule has 1 amide bonds. The van der Waals surface area contributed by atoms with E-state index < -0.39 is 5.97 Å². The van der Waals surface area contributed by atoms with E-state index in [1.165, 1.54) is 13.3 Å². The molecule has 4 rings (SSSR count). The number of hydrogen-bond acceptors (Lipinski definition) is 8. The first kappa shape index (κ1) is 19.1. The molecule has 0 N–H and O–H groups in total. The zero-order valence-corrected chi connectivity index (χ0v) is 16.3. The second kappa shape index (κ2) is 8.00. The monoisotopic (exact) mass is 389 g/mol. The molecule has 0 bridgehead atoms. The van der Waals surface area contributed by atoms with E-state index in [2.05, 4.69) is 24.5 Å². The van der Waals surface area contributed by atoms with Gasteiger partial charge in [0.25, 0.3) is 0 Å². The van der Waals surface area contributed by atoms with E-state index in [4.69, 9.17) is 4.74 Å². The summed E-state index contributed by atoms with van der Waals surface area (Å²) in [7, 11) is 1.32. The number of likely N-dealkylation sites (tertiary alicyclic amines) is 1. The molecule has 3 aliphatic rings. The summed E-state index contributed by atoms with van der Waals surface area (Å²) in [6.45, 7) is 7.41. The average Bonchev–Trinajstić information content (AvgIpc) is 3.32. The summed E-state index contributed by atoms with van der Waals surface area (Å²) in [5.74, 6) is 0.463. The predicted octanol–water partition coefficient (Wildman–Crippen LogP) is 0.0242. The van der Waals surface area contributed by atoms with E-state index in [-0.39, 0.29) is 17.0 Å². The van der Waals surface area contributed by atoms with Crippen LogP contribution in [0.25, 0.3) is 0 Å². The lowest BCUT2D eigenvalue weighted by molar-refractivity contribution is -0.135. The minimum absolute atomic E-state index is 0.186. The first-order chi connectivity index (χ1) is 13.6. The highest BCUT2D eigenvalue weighted by Crippen LogP contribution is 2.41. The van der Waals surface area contributed by atoms with Crippen LogP contribution in [0.3, 0.4) is 0 Å². The zero-order chi connectivity index (χ0) is 19.6. The van der Waals surface area contributed by atoms with Gasteiger partial charge in [-0.15, -0.1) is 0 Å². The van der Waals surface area contributed by atoms with E-state index in [1.807, 2.05) is 4.90 Å². The number of morpholine rings is 1. The molecule has 9 heteroatoms. The van der Waals surface area contributed by atoms with E-state index in [0.717, 1.165) is 65.3 Å². The Hall–Kier alpha value is -2.26. The lowest BCUT2D eigenvalue weighted by Crippen LogP contribution is -2.43. The second-order valence-electron chi connectivity index (χ2n) is 7.70. The minimum Gasteiger partial charge on any atom is -0.464 e. The molecular formula is C19H27N5O4. The summed E-state index contributed by atoms with van der Waals surface area (Å²) >= 11 is 0. The maximum absolute atomic E-state index is 13.1. The van der Waals surface area contributed by atoms with Gasteiger partial charge in [-0.05, 0) is 12.8 Å². The Labute approximate surface area is 164 Å². The molecule has 1 aromatic rings. The van der Waals surface area contributed by atoms with Gasteiger partial charge in [0.2, 0.25) is 5.91 Å². The summed E-state index contributed by atoms with van der Waals surface area (Å²) in [4.78, 5) is 39.6. The number of carbonyl (C=O) groups excluding carboxylic acids is 2. The first-order valence-corrected chi connectivity index (χ1v) is 9.86. The highest BCUT2D eigenvalue weighted by Gasteiger charge is 2.50. The lowest BCUT2D eigenvalue weighted by Gasteiger charge is -2.29. The van der Waals surface area contributed by atoms with Crippen LogP contribution in [0.1, 0.15) is 23.3 Å². The summed E-state index contributed by atoms with van der Waals surface area (Å²) in [6.07, 6.45) is 4.73. The van der Waals surface area contributed by atoms with Crippen LogP contribution in [0.4, 0.5) is 5.82 Å². The van der Waals surface area contributed by atoms with Crippen LogP contribution in [0, 0.1) is 5.41 Å². The van der Waals surface area contributed by atoms with Crippen LogP contribution in [0.15, 0.2) is 12.4 Å². The molecule has 3 saturated heterocycles. The Balaban J connectivity index is 1.35. The van der Waals surface area contributed by atoms with Gasteiger partial charge in [0.05, 0.1) is 38.1 Å². The molecule has 4 heterocycles. The quantitative estimate of drug-likeness (QED) is 0.652. The van der Waals surface area contributed by atoms with Crippen molar-refractivity contribution in [1.29, 1.82) is 0 Å². The molecule has 28 heavy (non-hydrogen) atoms. The van der Waals surface area contributed by atoms with Crippen molar-refractivity contribution in [3.8, 4) is 0 Å². The van der Waals surface area contributed by atoms with E-state index in [9.17, 15) is 9.59 Å². The predicted molar refractivity (Wildman–Crippen MR) is 101 cm³/mol. The fourth-order valence-electron chi connectivity index (χ4n) is 4.33. The number of aromatic nitrogens is 2. The summed E-state index contributed by atoms with van der Waals surface area (Å²) in [5, 5.41) is 0. The number of methoxy groups -OCH3 is 1. The third kappa shape index (κ3) is 3.68. The highest BCUT2D eigenvalue weighted by atomic mass is 16.5. The van der Waals surface area contributed by atoms with Gasteiger partial charge in [0.1, 0.15) is 5.82 Å². The Bertz CT molecular complexity index is 722. The molecule has 0 radical (unpaired) electrons. The molecule has 0 aromatic carbocycles. The van der Waals surface area contributed by atoms with Crippen LogP contribution in [0.2, 0.25) is 0 Å². The number of amides is 1. The molecule has 152 valence electrons. The maximum Gasteiger partial charge on any atom is 0.358 e. The lowest BCUT2D eigenvalue weighted by atomic mass is 9.85. The van der Waals surface area contributed by atoms with Crippen LogP contribution in [-0.2, 0) is 14.3 Å². The smallest absolute Gasteiger partial charge is 0.358 e. The van der Waals surface area contributed by atoms with Crippen molar-refractivity contribution in [2.75, 3.05) is 71.0 Å². The molecule has 9 nitrogen and oxygen atoms in total. The molecular weight excluding hydrogens is 362 g/mol. The van der Waals surface area contributed by atoms with Gasteiger partial charge in [-0.2, -0.15) is 0 Å². The van der Waals surface area contributed by atoms with Gasteiger partial charge in [-0.1, -0.05) is 0 Å². The molecule has 3 fully saturated rings. The normalized spacial score (nSPS) is 25.7. The van der Waals surface area contributed by atoms with E-state index in [1.54, 1.807) is 6.20 Å². The number of carbonyl (C=O) groups is 2. The Morgan fingerprint density at radius 3 is 2.64 bits per heavy atom. The van der Waals surface area contributed by atoms with Gasteiger partial charge in [0, 0.05) is 45.8 Å². The van der Waals surface area contributed by atoms with Gasteiger partial charge < -0.3 is 19.3 Å². The molecule has 1 aromatic heterocycles. The van der Waals surface area contributed by atoms with Crippen molar-refractivity contribution < 1.29 is 19.1 Å². The van der Waals surface area contributed by atoms with E-state index >= 15 is 0 Å². The van der Waals surface area contributed by atoms with Crippen LogP contribution < -0.4 is 4.90 Å². The van der Waals surface area contributed by atoms with Crippen LogP contribution in [-0.4, -0.2) is 97.8 Å². The molecule has 3 aliphatic heterocycles. The average molecular weight is 389 g/mol. The topological polar surface area (TPSA) is 88.1 Å². The third-order valence-corrected chi connectivity index (χ3v) is 6.10. The zero-order valence-electron chi connectivity index (χ0n) is 16.3. The summed E-state index contributed by atoms with van der Waals surface area (Å²) in [6, 6.07) is 0. The van der Waals surface area contributed by atoms with Crippen molar-refractivity contribution >= 4 is 17.7 Å². The second-order valence-corrected chi connectivity index (χ2v) is 7.70. The highest BCUT2D eigenvalue weighted by molar-refractivity contribution is 5.87. The maximum atomic E-state index is 13.1. The standard InChI is InChI=1S/C19H27N5O4/c1-27-17(25)15-12-21-16(13-20-15)24-5-3-19(14-24)2-4-23(18(19)26)7-6-22-8-10-28-11-9-22/h12-13H,2-11,14H2,1H3. The SMILES string of the molecule is COC(=O)c1cnc(N2CCC3(CCN(CCN4CCOCC4)C3=O)C2)cn1. The van der Waals surface area contributed by atoms with Crippen LogP contribution >= 0.6 is 0 Å². The summed E-state index contributed by atoms with van der Waals surface area (Å²) < 4.78 is 10.0. The molecule has 1 unspecified atom stereocenters. The third-order valence-electron chi connectivity index (χ3n) is 6.10. The largest absolute Gasteiger partial charge is 0.464 e. The Morgan fingerprint density at radius 2 is 1.93 bits per heavy atom. The number of nitrogens with zero attached hydrogens (tertiary/aromatic N) is 5. The summed E-state index contributed by atoms with van der Waals surface area (Å²) in [5.41, 5.74) is -0.125. The Kier molecular flexibility index (Phi) is 5.45. The van der Waals surface area contributed by atoms with Gasteiger partial charge >= 0.3 is 5.97 Å². The first-order valence-electron chi connectivity index (χ1n) is 9.86. The molecule has 0 aliphatic carbocycles. The fraction of sp³-hybridized carbons (Fsp3) is 0.684. The van der Waals surface area contributed by atoms with E-state index in [0.29, 0.717) is 12.4 Å². The van der Waals surface area contributed by atoms with Crippen molar-refractivity contribution in [3.63, 3.8) is 0 Å². The number of ether oxygens (including phenoxy) is 2. The molecule has 0 saturated carbocycles. The number of hydrogen-bond donors (Lipinski definition) is 0. The van der Waals surface area contributed by atoms with Gasteiger partial charge in [-0.25, -0.2) is 14.8 Å². The molecule has 1 atom stereocenters. The van der Waals surface area contributed by atoms with Crippen molar-refractivity contribution in [2.45, 2.75) is 12.8 Å². The van der Waals surface area contributed by atoms with Crippen molar-refractivity contribution in [1.82, 2.24) is 19.8 Å². The minimum atomic E-state index is -0.501. The van der Waals surface area contributed by atoms with Gasteiger partial charge in [0.15, 0.2) is 5.69 Å². The van der Waals surface area contributed by atoms with Crippen molar-refractivity contribution in [3.05, 3.63) is 18.1 Å². The van der Waals surface area contributed by atoms with Crippen molar-refractivity contribution in [2.24, 2.45) is 5.41 Å². The fourth-order valence-corrected chi connectivity index (χ4v) is 4.33. The number of esters is 1. The number of anilines is 1. The van der Waals surface area contributed by atoms with Crippen LogP contribution in [0.5, 0.6) is 0 Å². The Morgan fingerprint density at radius 1 is 1.14 bits per heavy atom. The van der Waals surface area contributed by atoms with Gasteiger partial charge in [-0.3, -0.25) is 9.69 Å².